The second kappa shape index (κ2) is 5.77. The lowest BCUT2D eigenvalue weighted by atomic mass is 9.76. The molecule has 6 nitrogen and oxygen atoms in total. The molecule has 0 spiro atoms. The van der Waals surface area contributed by atoms with E-state index in [1.54, 1.807) is 0 Å². The molecule has 0 aromatic heterocycles. The number of hydrogen-bond acceptors (Lipinski definition) is 3. The summed E-state index contributed by atoms with van der Waals surface area (Å²) in [6.45, 7) is 0.729. The number of carbonyl (C=O) groups is 2. The third-order valence-corrected chi connectivity index (χ3v) is 4.55. The lowest BCUT2D eigenvalue weighted by molar-refractivity contribution is -0.159. The summed E-state index contributed by atoms with van der Waals surface area (Å²) >= 11 is 0. The molecule has 2 amide bonds. The molecule has 2 atom stereocenters. The number of benzene rings is 1. The van der Waals surface area contributed by atoms with E-state index in [0.29, 0.717) is 13.0 Å². The largest absolute Gasteiger partial charge is 0.481 e. The summed E-state index contributed by atoms with van der Waals surface area (Å²) in [7, 11) is 0. The number of carboxylic acids is 1. The zero-order valence-electron chi connectivity index (χ0n) is 12.2. The number of carboxylic acid groups (broad SMARTS) is 1. The van der Waals surface area contributed by atoms with E-state index < -0.39 is 29.0 Å². The van der Waals surface area contributed by atoms with Crippen LogP contribution in [0.3, 0.4) is 0 Å². The summed E-state index contributed by atoms with van der Waals surface area (Å²) < 4.78 is 32.0. The Balaban J connectivity index is 1.76. The van der Waals surface area contributed by atoms with Crippen LogP contribution in [0.2, 0.25) is 0 Å². The third-order valence-electron chi connectivity index (χ3n) is 4.55. The molecule has 2 saturated heterocycles. The van der Waals surface area contributed by atoms with Crippen LogP contribution in [-0.4, -0.2) is 48.3 Å². The highest BCUT2D eigenvalue weighted by Crippen LogP contribution is 2.41. The molecular weight excluding hydrogens is 310 g/mol. The summed E-state index contributed by atoms with van der Waals surface area (Å²) in [6, 6.07) is 2.10. The van der Waals surface area contributed by atoms with Crippen molar-refractivity contribution in [3.8, 4) is 0 Å². The van der Waals surface area contributed by atoms with Gasteiger partial charge in [0.2, 0.25) is 0 Å². The van der Waals surface area contributed by atoms with Crippen molar-refractivity contribution in [3.05, 3.63) is 29.8 Å². The Hall–Kier alpha value is -2.22. The predicted molar refractivity (Wildman–Crippen MR) is 75.9 cm³/mol. The molecule has 2 aliphatic rings. The number of rotatable bonds is 2. The standard InChI is InChI=1S/C15H16F2N2O4/c16-10-1-2-11(17)12(5-10)18-14(22)19-6-9-3-4-23-8-15(9,7-19)13(20)21/h1-2,5,9H,3-4,6-8H2,(H,18,22)(H,20,21)/t9-,15+/m0/s1. The molecule has 0 unspecified atom stereocenters. The van der Waals surface area contributed by atoms with Crippen molar-refractivity contribution < 1.29 is 28.2 Å². The maximum atomic E-state index is 13.6. The van der Waals surface area contributed by atoms with Crippen molar-refractivity contribution in [2.75, 3.05) is 31.6 Å². The Kier molecular flexibility index (Phi) is 3.93. The molecule has 2 aliphatic heterocycles. The first-order valence-corrected chi connectivity index (χ1v) is 7.24. The summed E-state index contributed by atoms with van der Waals surface area (Å²) in [4.78, 5) is 25.2. The second-order valence-corrected chi connectivity index (χ2v) is 5.93. The zero-order valence-corrected chi connectivity index (χ0v) is 12.2. The van der Waals surface area contributed by atoms with Crippen molar-refractivity contribution in [3.63, 3.8) is 0 Å². The Morgan fingerprint density at radius 2 is 2.17 bits per heavy atom. The fourth-order valence-corrected chi connectivity index (χ4v) is 3.23. The van der Waals surface area contributed by atoms with Crippen LogP contribution < -0.4 is 5.32 Å². The van der Waals surface area contributed by atoms with Crippen LogP contribution in [0, 0.1) is 23.0 Å². The van der Waals surface area contributed by atoms with Crippen molar-refractivity contribution in [1.29, 1.82) is 0 Å². The molecule has 0 aliphatic carbocycles. The van der Waals surface area contributed by atoms with Crippen LogP contribution in [0.25, 0.3) is 0 Å². The van der Waals surface area contributed by atoms with Gasteiger partial charge in [-0.1, -0.05) is 0 Å². The molecule has 0 saturated carbocycles. The smallest absolute Gasteiger partial charge is 0.321 e. The van der Waals surface area contributed by atoms with Gasteiger partial charge < -0.3 is 20.1 Å². The van der Waals surface area contributed by atoms with Crippen molar-refractivity contribution >= 4 is 17.7 Å². The first-order valence-electron chi connectivity index (χ1n) is 7.24. The number of aliphatic carboxylic acids is 1. The molecular formula is C15H16F2N2O4. The van der Waals surface area contributed by atoms with E-state index in [-0.39, 0.29) is 31.3 Å². The van der Waals surface area contributed by atoms with E-state index in [4.69, 9.17) is 4.74 Å². The molecule has 0 radical (unpaired) electrons. The molecule has 0 bridgehead atoms. The van der Waals surface area contributed by atoms with Crippen LogP contribution >= 0.6 is 0 Å². The van der Waals surface area contributed by atoms with Crippen LogP contribution in [0.4, 0.5) is 19.3 Å². The van der Waals surface area contributed by atoms with Gasteiger partial charge >= 0.3 is 12.0 Å². The second-order valence-electron chi connectivity index (χ2n) is 5.93. The number of nitrogens with zero attached hydrogens (tertiary/aromatic N) is 1. The van der Waals surface area contributed by atoms with Crippen molar-refractivity contribution in [2.24, 2.45) is 11.3 Å². The molecule has 23 heavy (non-hydrogen) atoms. The number of urea groups is 1. The van der Waals surface area contributed by atoms with Crippen LogP contribution in [0.1, 0.15) is 6.42 Å². The van der Waals surface area contributed by atoms with E-state index >= 15 is 0 Å². The number of carbonyl (C=O) groups excluding carboxylic acids is 1. The van der Waals surface area contributed by atoms with Gasteiger partial charge in [0, 0.05) is 25.8 Å². The van der Waals surface area contributed by atoms with Gasteiger partial charge in [-0.2, -0.15) is 0 Å². The first kappa shape index (κ1) is 15.7. The fraction of sp³-hybridized carbons (Fsp3) is 0.467. The van der Waals surface area contributed by atoms with Gasteiger partial charge in [0.15, 0.2) is 0 Å². The van der Waals surface area contributed by atoms with Crippen molar-refractivity contribution in [2.45, 2.75) is 6.42 Å². The quantitative estimate of drug-likeness (QED) is 0.870. The molecule has 8 heteroatoms. The highest BCUT2D eigenvalue weighted by atomic mass is 19.1. The Bertz CT molecular complexity index is 654. The first-order chi connectivity index (χ1) is 10.9. The zero-order chi connectivity index (χ0) is 16.6. The van der Waals surface area contributed by atoms with Crippen LogP contribution in [-0.2, 0) is 9.53 Å². The Labute approximate surface area is 131 Å². The van der Waals surface area contributed by atoms with Gasteiger partial charge in [-0.15, -0.1) is 0 Å². The van der Waals surface area contributed by atoms with Gasteiger partial charge in [-0.25, -0.2) is 13.6 Å². The molecule has 3 rings (SSSR count). The lowest BCUT2D eigenvalue weighted by Crippen LogP contribution is -2.46. The SMILES string of the molecule is O=C(Nc1cc(F)ccc1F)N1C[C@@H]2CCOC[C@]2(C(=O)O)C1. The molecule has 2 heterocycles. The lowest BCUT2D eigenvalue weighted by Gasteiger charge is -2.33. The minimum Gasteiger partial charge on any atom is -0.481 e. The number of anilines is 1. The molecule has 1 aromatic carbocycles. The number of hydrogen-bond donors (Lipinski definition) is 2. The maximum absolute atomic E-state index is 13.6. The summed E-state index contributed by atoms with van der Waals surface area (Å²) in [6.07, 6.45) is 0.546. The van der Waals surface area contributed by atoms with E-state index in [1.807, 2.05) is 0 Å². The Morgan fingerprint density at radius 1 is 1.39 bits per heavy atom. The summed E-state index contributed by atoms with van der Waals surface area (Å²) in [5.41, 5.74) is -1.40. The highest BCUT2D eigenvalue weighted by molar-refractivity contribution is 5.90. The predicted octanol–water partition coefficient (Wildman–Crippen LogP) is 1.92. The average Bonchev–Trinajstić information content (AvgIpc) is 2.92. The molecule has 1 aromatic rings. The topological polar surface area (TPSA) is 78.9 Å². The minimum absolute atomic E-state index is 0.0181. The van der Waals surface area contributed by atoms with Crippen molar-refractivity contribution in [1.82, 2.24) is 4.90 Å². The number of halogens is 2. The van der Waals surface area contributed by atoms with Gasteiger partial charge in [-0.3, -0.25) is 4.79 Å². The number of nitrogens with one attached hydrogen (secondary N) is 1. The van der Waals surface area contributed by atoms with E-state index in [9.17, 15) is 23.5 Å². The fourth-order valence-electron chi connectivity index (χ4n) is 3.23. The number of ether oxygens (including phenoxy) is 1. The summed E-state index contributed by atoms with van der Waals surface area (Å²) in [5.74, 6) is -2.65. The van der Waals surface area contributed by atoms with Gasteiger partial charge in [-0.05, 0) is 24.5 Å². The van der Waals surface area contributed by atoms with E-state index in [2.05, 4.69) is 5.32 Å². The van der Waals surface area contributed by atoms with Gasteiger partial charge in [0.05, 0.1) is 12.3 Å². The number of amides is 2. The monoisotopic (exact) mass is 326 g/mol. The van der Waals surface area contributed by atoms with Crippen LogP contribution in [0.15, 0.2) is 18.2 Å². The average molecular weight is 326 g/mol. The molecule has 2 N–H and O–H groups in total. The number of fused-ring (bicyclic) bond motifs is 1. The Morgan fingerprint density at radius 3 is 2.87 bits per heavy atom. The highest BCUT2D eigenvalue weighted by Gasteiger charge is 2.55. The van der Waals surface area contributed by atoms with Crippen LogP contribution in [0.5, 0.6) is 0 Å². The van der Waals surface area contributed by atoms with E-state index in [0.717, 1.165) is 18.2 Å². The van der Waals surface area contributed by atoms with Gasteiger partial charge in [0.25, 0.3) is 0 Å². The normalized spacial score (nSPS) is 26.7. The number of likely N-dealkylation sites (tertiary alicyclic amines) is 1. The third kappa shape index (κ3) is 2.74. The maximum Gasteiger partial charge on any atom is 0.321 e. The van der Waals surface area contributed by atoms with E-state index in [1.165, 1.54) is 4.90 Å². The minimum atomic E-state index is -1.13. The summed E-state index contributed by atoms with van der Waals surface area (Å²) in [5, 5.41) is 11.8. The molecule has 2 fully saturated rings. The van der Waals surface area contributed by atoms with Gasteiger partial charge in [0.1, 0.15) is 17.0 Å². The molecule has 124 valence electrons.